The molecule has 2 nitrogen and oxygen atoms in total. The molecule has 23 heavy (non-hydrogen) atoms. The zero-order chi connectivity index (χ0) is 17.0. The van der Waals surface area contributed by atoms with Gasteiger partial charge in [0.05, 0.1) is 5.41 Å². The molecule has 0 saturated carbocycles. The number of carbonyl (C=O) groups excluding carboxylic acids is 1. The van der Waals surface area contributed by atoms with E-state index in [0.29, 0.717) is 15.8 Å². The van der Waals surface area contributed by atoms with E-state index in [2.05, 4.69) is 0 Å². The molecule has 4 heteroatoms. The summed E-state index contributed by atoms with van der Waals surface area (Å²) in [7, 11) is 0. The van der Waals surface area contributed by atoms with Crippen molar-refractivity contribution in [2.45, 2.75) is 20.8 Å². The highest BCUT2D eigenvalue weighted by Crippen LogP contribution is 2.26. The Morgan fingerprint density at radius 2 is 1.39 bits per heavy atom. The number of halogens is 2. The lowest BCUT2D eigenvalue weighted by molar-refractivity contribution is -0.145. The molecule has 2 aromatic rings. The van der Waals surface area contributed by atoms with Crippen LogP contribution in [0.5, 0.6) is 0 Å². The van der Waals surface area contributed by atoms with Gasteiger partial charge < -0.3 is 4.74 Å². The molecule has 0 aliphatic heterocycles. The Bertz CT molecular complexity index is 709. The quantitative estimate of drug-likeness (QED) is 0.381. The average Bonchev–Trinajstić information content (AvgIpc) is 2.48. The number of hydrogen-bond donors (Lipinski definition) is 0. The minimum atomic E-state index is -0.592. The van der Waals surface area contributed by atoms with E-state index in [1.165, 1.54) is 0 Å². The average molecular weight is 349 g/mol. The molecule has 0 aromatic heterocycles. The maximum absolute atomic E-state index is 12.2. The van der Waals surface area contributed by atoms with Gasteiger partial charge in [0, 0.05) is 15.6 Å². The minimum absolute atomic E-state index is 0.298. The highest BCUT2D eigenvalue weighted by Gasteiger charge is 2.25. The highest BCUT2D eigenvalue weighted by atomic mass is 35.5. The van der Waals surface area contributed by atoms with Gasteiger partial charge in [0.15, 0.2) is 0 Å². The lowest BCUT2D eigenvalue weighted by Crippen LogP contribution is -2.22. The van der Waals surface area contributed by atoms with Crippen molar-refractivity contribution >= 4 is 41.0 Å². The number of rotatable bonds is 3. The van der Waals surface area contributed by atoms with Crippen LogP contribution < -0.4 is 0 Å². The van der Waals surface area contributed by atoms with Crippen LogP contribution >= 0.6 is 23.2 Å². The van der Waals surface area contributed by atoms with E-state index < -0.39 is 5.41 Å². The first kappa shape index (κ1) is 17.6. The standard InChI is InChI=1S/C19H18Cl2O2/c1-19(2,3)18(22)23-17(14-6-10-16(21)11-7-14)12-13-4-8-15(20)9-5-13/h4-12H,1-3H3/b17-12-. The molecule has 0 spiro atoms. The first-order valence-electron chi connectivity index (χ1n) is 7.21. The van der Waals surface area contributed by atoms with E-state index >= 15 is 0 Å². The van der Waals surface area contributed by atoms with Crippen LogP contribution in [-0.4, -0.2) is 5.97 Å². The fourth-order valence-electron chi connectivity index (χ4n) is 1.75. The van der Waals surface area contributed by atoms with Gasteiger partial charge in [-0.1, -0.05) is 35.3 Å². The highest BCUT2D eigenvalue weighted by molar-refractivity contribution is 6.30. The van der Waals surface area contributed by atoms with Gasteiger partial charge in [-0.15, -0.1) is 0 Å². The molecular formula is C19H18Cl2O2. The summed E-state index contributed by atoms with van der Waals surface area (Å²) in [5.74, 6) is 0.177. The molecule has 0 saturated heterocycles. The van der Waals surface area contributed by atoms with Crippen LogP contribution in [-0.2, 0) is 9.53 Å². The fourth-order valence-corrected chi connectivity index (χ4v) is 2.00. The van der Waals surface area contributed by atoms with E-state index in [9.17, 15) is 4.79 Å². The molecule has 0 atom stereocenters. The Morgan fingerprint density at radius 1 is 0.913 bits per heavy atom. The smallest absolute Gasteiger partial charge is 0.316 e. The number of hydrogen-bond acceptors (Lipinski definition) is 2. The van der Waals surface area contributed by atoms with Crippen LogP contribution in [0.1, 0.15) is 31.9 Å². The van der Waals surface area contributed by atoms with Gasteiger partial charge in [-0.2, -0.15) is 0 Å². The molecule has 0 radical (unpaired) electrons. The molecule has 2 rings (SSSR count). The number of esters is 1. The van der Waals surface area contributed by atoms with Crippen LogP contribution in [0.3, 0.4) is 0 Å². The summed E-state index contributed by atoms with van der Waals surface area (Å²) >= 11 is 11.8. The van der Waals surface area contributed by atoms with E-state index in [1.54, 1.807) is 24.3 Å². The molecule has 120 valence electrons. The molecule has 0 aliphatic carbocycles. The van der Waals surface area contributed by atoms with Gasteiger partial charge in [-0.3, -0.25) is 4.79 Å². The predicted molar refractivity (Wildman–Crippen MR) is 96.3 cm³/mol. The summed E-state index contributed by atoms with van der Waals surface area (Å²) in [5, 5.41) is 1.28. The van der Waals surface area contributed by atoms with Crippen molar-refractivity contribution in [1.29, 1.82) is 0 Å². The Balaban J connectivity index is 2.40. The zero-order valence-electron chi connectivity index (χ0n) is 13.3. The van der Waals surface area contributed by atoms with E-state index in [-0.39, 0.29) is 5.97 Å². The Hall–Kier alpha value is -1.77. The monoisotopic (exact) mass is 348 g/mol. The lowest BCUT2D eigenvalue weighted by Gasteiger charge is -2.18. The predicted octanol–water partition coefficient (Wildman–Crippen LogP) is 6.08. The third kappa shape index (κ3) is 5.12. The summed E-state index contributed by atoms with van der Waals surface area (Å²) in [6, 6.07) is 14.5. The van der Waals surface area contributed by atoms with Crippen LogP contribution in [0, 0.1) is 5.41 Å². The second-order valence-electron chi connectivity index (χ2n) is 6.21. The number of benzene rings is 2. The van der Waals surface area contributed by atoms with Gasteiger partial charge in [0.25, 0.3) is 0 Å². The summed E-state index contributed by atoms with van der Waals surface area (Å²) < 4.78 is 5.62. The molecule has 0 heterocycles. The van der Waals surface area contributed by atoms with Crippen molar-refractivity contribution in [1.82, 2.24) is 0 Å². The summed E-state index contributed by atoms with van der Waals surface area (Å²) in [6.07, 6.45) is 1.81. The number of ether oxygens (including phenoxy) is 1. The fraction of sp³-hybridized carbons (Fsp3) is 0.211. The maximum Gasteiger partial charge on any atom is 0.316 e. The van der Waals surface area contributed by atoms with Crippen molar-refractivity contribution in [2.24, 2.45) is 5.41 Å². The van der Waals surface area contributed by atoms with Crippen molar-refractivity contribution < 1.29 is 9.53 Å². The van der Waals surface area contributed by atoms with Crippen molar-refractivity contribution in [3.63, 3.8) is 0 Å². The zero-order valence-corrected chi connectivity index (χ0v) is 14.8. The Kier molecular flexibility index (Phi) is 5.51. The second-order valence-corrected chi connectivity index (χ2v) is 7.08. The van der Waals surface area contributed by atoms with Gasteiger partial charge in [0.1, 0.15) is 5.76 Å². The van der Waals surface area contributed by atoms with Crippen LogP contribution in [0.4, 0.5) is 0 Å². The first-order valence-corrected chi connectivity index (χ1v) is 7.97. The SMILES string of the molecule is CC(C)(C)C(=O)O/C(=C\c1ccc(Cl)cc1)c1ccc(Cl)cc1. The second kappa shape index (κ2) is 7.20. The molecule has 2 aromatic carbocycles. The Morgan fingerprint density at radius 3 is 1.87 bits per heavy atom. The third-order valence-electron chi connectivity index (χ3n) is 3.11. The van der Waals surface area contributed by atoms with Crippen LogP contribution in [0.25, 0.3) is 11.8 Å². The normalized spacial score (nSPS) is 12.1. The molecule has 0 unspecified atom stereocenters. The molecule has 0 aliphatic rings. The minimum Gasteiger partial charge on any atom is -0.425 e. The Labute approximate surface area is 146 Å². The third-order valence-corrected chi connectivity index (χ3v) is 3.62. The first-order chi connectivity index (χ1) is 10.8. The van der Waals surface area contributed by atoms with Gasteiger partial charge in [-0.05, 0) is 68.8 Å². The molecule has 0 N–H and O–H groups in total. The molecular weight excluding hydrogens is 331 g/mol. The summed E-state index contributed by atoms with van der Waals surface area (Å²) in [4.78, 5) is 12.2. The lowest BCUT2D eigenvalue weighted by atomic mass is 9.97. The summed E-state index contributed by atoms with van der Waals surface area (Å²) in [5.41, 5.74) is 1.08. The van der Waals surface area contributed by atoms with E-state index in [0.717, 1.165) is 11.1 Å². The van der Waals surface area contributed by atoms with Crippen LogP contribution in [0.2, 0.25) is 10.0 Å². The van der Waals surface area contributed by atoms with Gasteiger partial charge in [0.2, 0.25) is 0 Å². The molecule has 0 amide bonds. The largest absolute Gasteiger partial charge is 0.425 e. The number of carbonyl (C=O) groups is 1. The maximum atomic E-state index is 12.2. The molecule has 0 bridgehead atoms. The van der Waals surface area contributed by atoms with Crippen molar-refractivity contribution in [2.75, 3.05) is 0 Å². The molecule has 0 fully saturated rings. The topological polar surface area (TPSA) is 26.3 Å². The van der Waals surface area contributed by atoms with Gasteiger partial charge in [-0.25, -0.2) is 0 Å². The summed E-state index contributed by atoms with van der Waals surface area (Å²) in [6.45, 7) is 5.45. The van der Waals surface area contributed by atoms with Crippen molar-refractivity contribution in [3.8, 4) is 0 Å². The van der Waals surface area contributed by atoms with Gasteiger partial charge >= 0.3 is 5.97 Å². The van der Waals surface area contributed by atoms with E-state index in [4.69, 9.17) is 27.9 Å². The van der Waals surface area contributed by atoms with E-state index in [1.807, 2.05) is 51.1 Å². The van der Waals surface area contributed by atoms with Crippen molar-refractivity contribution in [3.05, 3.63) is 69.7 Å². The van der Waals surface area contributed by atoms with Crippen LogP contribution in [0.15, 0.2) is 48.5 Å².